The molecule has 4 heteroatoms. The highest BCUT2D eigenvalue weighted by molar-refractivity contribution is 6.43. The van der Waals surface area contributed by atoms with Crippen LogP contribution >= 0.6 is 23.2 Å². The van der Waals surface area contributed by atoms with Gasteiger partial charge in [-0.2, -0.15) is 0 Å². The number of ether oxygens (including phenoxy) is 1. The van der Waals surface area contributed by atoms with Crippen LogP contribution in [0.3, 0.4) is 0 Å². The summed E-state index contributed by atoms with van der Waals surface area (Å²) in [5.41, 5.74) is 0. The smallest absolute Gasteiger partial charge is 0.147 e. The third kappa shape index (κ3) is 2.23. The molecule has 82 valence electrons. The molecule has 0 saturated heterocycles. The van der Waals surface area contributed by atoms with Gasteiger partial charge in [0.25, 0.3) is 0 Å². The number of phenols is 1. The maximum absolute atomic E-state index is 9.32. The molecule has 0 aliphatic rings. The van der Waals surface area contributed by atoms with Crippen molar-refractivity contribution in [2.24, 2.45) is 0 Å². The molecule has 0 amide bonds. The van der Waals surface area contributed by atoms with Crippen LogP contribution in [-0.2, 0) is 0 Å². The van der Waals surface area contributed by atoms with Crippen molar-refractivity contribution in [3.8, 4) is 17.2 Å². The van der Waals surface area contributed by atoms with Gasteiger partial charge in [-0.1, -0.05) is 41.4 Å². The molecule has 0 aliphatic carbocycles. The zero-order valence-electron chi connectivity index (χ0n) is 8.15. The number of rotatable bonds is 2. The molecule has 0 heterocycles. The topological polar surface area (TPSA) is 29.5 Å². The first-order valence-corrected chi connectivity index (χ1v) is 5.34. The van der Waals surface area contributed by atoms with Gasteiger partial charge < -0.3 is 9.84 Å². The van der Waals surface area contributed by atoms with E-state index in [9.17, 15) is 5.11 Å². The third-order valence-electron chi connectivity index (χ3n) is 2.00. The Kier molecular flexibility index (Phi) is 3.22. The molecule has 0 atom stereocenters. The van der Waals surface area contributed by atoms with Crippen molar-refractivity contribution in [2.45, 2.75) is 0 Å². The van der Waals surface area contributed by atoms with Gasteiger partial charge in [-0.05, 0) is 24.3 Å². The minimum absolute atomic E-state index is 0.0629. The fourth-order valence-corrected chi connectivity index (χ4v) is 1.57. The van der Waals surface area contributed by atoms with E-state index in [-0.39, 0.29) is 15.8 Å². The number of halogens is 2. The van der Waals surface area contributed by atoms with E-state index in [1.165, 1.54) is 6.07 Å². The van der Waals surface area contributed by atoms with Crippen LogP contribution < -0.4 is 4.74 Å². The van der Waals surface area contributed by atoms with Crippen LogP contribution in [0, 0.1) is 0 Å². The second-order valence-corrected chi connectivity index (χ2v) is 3.88. The summed E-state index contributed by atoms with van der Waals surface area (Å²) < 4.78 is 5.52. The van der Waals surface area contributed by atoms with Crippen molar-refractivity contribution in [1.82, 2.24) is 0 Å². The van der Waals surface area contributed by atoms with Crippen LogP contribution in [0.1, 0.15) is 0 Å². The van der Waals surface area contributed by atoms with Gasteiger partial charge in [0.2, 0.25) is 0 Å². The number of phenolic OH excluding ortho intramolecular Hbond substituents is 1. The lowest BCUT2D eigenvalue weighted by Gasteiger charge is -2.08. The summed E-state index contributed by atoms with van der Waals surface area (Å²) in [6.45, 7) is 0. The lowest BCUT2D eigenvalue weighted by molar-refractivity contribution is 0.465. The average Bonchev–Trinajstić information content (AvgIpc) is 2.31. The Morgan fingerprint density at radius 2 is 1.56 bits per heavy atom. The molecule has 2 nitrogen and oxygen atoms in total. The first kappa shape index (κ1) is 11.1. The summed E-state index contributed by atoms with van der Waals surface area (Å²) in [5.74, 6) is 1.01. The van der Waals surface area contributed by atoms with Crippen LogP contribution in [0.4, 0.5) is 0 Å². The molecule has 1 N–H and O–H groups in total. The summed E-state index contributed by atoms with van der Waals surface area (Å²) in [6.07, 6.45) is 0. The molecular weight excluding hydrogens is 247 g/mol. The van der Waals surface area contributed by atoms with Gasteiger partial charge in [0.15, 0.2) is 0 Å². The molecule has 0 aliphatic heterocycles. The van der Waals surface area contributed by atoms with Crippen LogP contribution in [0.25, 0.3) is 0 Å². The second kappa shape index (κ2) is 4.64. The molecule has 0 aromatic heterocycles. The minimum Gasteiger partial charge on any atom is -0.506 e. The van der Waals surface area contributed by atoms with Crippen molar-refractivity contribution in [2.75, 3.05) is 0 Å². The van der Waals surface area contributed by atoms with E-state index in [1.807, 2.05) is 18.2 Å². The predicted octanol–water partition coefficient (Wildman–Crippen LogP) is 4.49. The summed E-state index contributed by atoms with van der Waals surface area (Å²) in [4.78, 5) is 0. The molecule has 2 aromatic carbocycles. The molecule has 0 saturated carbocycles. The van der Waals surface area contributed by atoms with Crippen LogP contribution in [0.15, 0.2) is 42.5 Å². The molecule has 2 aromatic rings. The number of benzene rings is 2. The lowest BCUT2D eigenvalue weighted by Crippen LogP contribution is -1.85. The van der Waals surface area contributed by atoms with Crippen molar-refractivity contribution >= 4 is 23.2 Å². The van der Waals surface area contributed by atoms with Crippen molar-refractivity contribution in [3.05, 3.63) is 52.5 Å². The molecule has 0 unspecified atom stereocenters. The third-order valence-corrected chi connectivity index (χ3v) is 2.85. The van der Waals surface area contributed by atoms with Crippen LogP contribution in [0.2, 0.25) is 10.0 Å². The van der Waals surface area contributed by atoms with Gasteiger partial charge in [0, 0.05) is 0 Å². The van der Waals surface area contributed by atoms with E-state index in [2.05, 4.69) is 0 Å². The summed E-state index contributed by atoms with van der Waals surface area (Å²) >= 11 is 11.7. The molecular formula is C12H8Cl2O2. The Hall–Kier alpha value is -1.38. The molecule has 0 spiro atoms. The van der Waals surface area contributed by atoms with E-state index in [0.717, 1.165) is 0 Å². The summed E-state index contributed by atoms with van der Waals surface area (Å²) in [6, 6.07) is 12.2. The van der Waals surface area contributed by atoms with E-state index in [0.29, 0.717) is 11.5 Å². The second-order valence-electron chi connectivity index (χ2n) is 3.13. The monoisotopic (exact) mass is 254 g/mol. The zero-order valence-corrected chi connectivity index (χ0v) is 9.66. The number of para-hydroxylation sites is 1. The van der Waals surface area contributed by atoms with Gasteiger partial charge >= 0.3 is 0 Å². The van der Waals surface area contributed by atoms with Gasteiger partial charge in [-0.3, -0.25) is 0 Å². The zero-order chi connectivity index (χ0) is 11.5. The normalized spacial score (nSPS) is 10.1. The SMILES string of the molecule is Oc1ccc(Oc2ccccc2)c(Cl)c1Cl. The highest BCUT2D eigenvalue weighted by Gasteiger charge is 2.10. The van der Waals surface area contributed by atoms with Crippen molar-refractivity contribution < 1.29 is 9.84 Å². The van der Waals surface area contributed by atoms with Gasteiger partial charge in [-0.25, -0.2) is 0 Å². The van der Waals surface area contributed by atoms with E-state index >= 15 is 0 Å². The number of hydrogen-bond donors (Lipinski definition) is 1. The minimum atomic E-state index is -0.0629. The standard InChI is InChI=1S/C12H8Cl2O2/c13-11-9(15)6-7-10(12(11)14)16-8-4-2-1-3-5-8/h1-7,15H. The van der Waals surface area contributed by atoms with Gasteiger partial charge in [-0.15, -0.1) is 0 Å². The number of aromatic hydroxyl groups is 1. The molecule has 0 fully saturated rings. The molecule has 0 bridgehead atoms. The Balaban J connectivity index is 2.33. The Morgan fingerprint density at radius 1 is 0.875 bits per heavy atom. The van der Waals surface area contributed by atoms with Crippen molar-refractivity contribution in [3.63, 3.8) is 0 Å². The fraction of sp³-hybridized carbons (Fsp3) is 0. The molecule has 2 rings (SSSR count). The van der Waals surface area contributed by atoms with E-state index < -0.39 is 0 Å². The van der Waals surface area contributed by atoms with Gasteiger partial charge in [0.05, 0.1) is 0 Å². The lowest BCUT2D eigenvalue weighted by atomic mass is 10.3. The van der Waals surface area contributed by atoms with E-state index in [1.54, 1.807) is 18.2 Å². The first-order chi connectivity index (χ1) is 7.68. The number of hydrogen-bond acceptors (Lipinski definition) is 2. The average molecular weight is 255 g/mol. The Labute approximate surface area is 103 Å². The highest BCUT2D eigenvalue weighted by Crippen LogP contribution is 2.39. The first-order valence-electron chi connectivity index (χ1n) is 4.58. The van der Waals surface area contributed by atoms with Crippen molar-refractivity contribution in [1.29, 1.82) is 0 Å². The largest absolute Gasteiger partial charge is 0.506 e. The predicted molar refractivity (Wildman–Crippen MR) is 64.6 cm³/mol. The summed E-state index contributed by atoms with van der Waals surface area (Å²) in [5, 5.41) is 9.61. The Bertz CT molecular complexity index is 498. The maximum atomic E-state index is 9.32. The maximum Gasteiger partial charge on any atom is 0.147 e. The quantitative estimate of drug-likeness (QED) is 0.856. The molecule has 16 heavy (non-hydrogen) atoms. The fourth-order valence-electron chi connectivity index (χ4n) is 1.22. The molecule has 0 radical (unpaired) electrons. The van der Waals surface area contributed by atoms with Crippen LogP contribution in [-0.4, -0.2) is 5.11 Å². The van der Waals surface area contributed by atoms with Gasteiger partial charge in [0.1, 0.15) is 27.3 Å². The van der Waals surface area contributed by atoms with Crippen LogP contribution in [0.5, 0.6) is 17.2 Å². The Morgan fingerprint density at radius 3 is 2.25 bits per heavy atom. The van der Waals surface area contributed by atoms with E-state index in [4.69, 9.17) is 27.9 Å². The highest BCUT2D eigenvalue weighted by atomic mass is 35.5. The summed E-state index contributed by atoms with van der Waals surface area (Å²) in [7, 11) is 0.